The minimum atomic E-state index is -0.0730. The lowest BCUT2D eigenvalue weighted by Crippen LogP contribution is -2.37. The highest BCUT2D eigenvalue weighted by Crippen LogP contribution is 2.33. The molecule has 2 atom stereocenters. The number of aromatic nitrogens is 2. The number of hydrogen-bond acceptors (Lipinski definition) is 4. The maximum atomic E-state index is 13.1. The van der Waals surface area contributed by atoms with E-state index in [0.717, 1.165) is 23.2 Å². The SMILES string of the molecule is COc1cc2c(cc1Cl)CN(C(=O)c1n[nH]c3c1C[C@H](C)O[C@@H]3C)CC2. The van der Waals surface area contributed by atoms with Crippen molar-refractivity contribution in [1.82, 2.24) is 15.1 Å². The minimum absolute atomic E-state index is 0.0404. The van der Waals surface area contributed by atoms with E-state index < -0.39 is 0 Å². The molecule has 26 heavy (non-hydrogen) atoms. The van der Waals surface area contributed by atoms with Gasteiger partial charge in [-0.2, -0.15) is 5.10 Å². The number of nitrogens with one attached hydrogen (secondary N) is 1. The third kappa shape index (κ3) is 2.87. The first-order valence-corrected chi connectivity index (χ1v) is 9.23. The smallest absolute Gasteiger partial charge is 0.274 e. The fourth-order valence-electron chi connectivity index (χ4n) is 3.89. The highest BCUT2D eigenvalue weighted by Gasteiger charge is 2.32. The third-order valence-corrected chi connectivity index (χ3v) is 5.51. The first-order chi connectivity index (χ1) is 12.5. The Morgan fingerprint density at radius 1 is 1.38 bits per heavy atom. The third-order valence-electron chi connectivity index (χ3n) is 5.21. The van der Waals surface area contributed by atoms with Crippen LogP contribution < -0.4 is 4.74 Å². The van der Waals surface area contributed by atoms with Gasteiger partial charge in [0.1, 0.15) is 5.75 Å². The number of carbonyl (C=O) groups excluding carboxylic acids is 1. The summed E-state index contributed by atoms with van der Waals surface area (Å²) in [7, 11) is 1.61. The molecule has 138 valence electrons. The second kappa shape index (κ2) is 6.59. The molecule has 7 heteroatoms. The number of ether oxygens (including phenoxy) is 2. The highest BCUT2D eigenvalue weighted by atomic mass is 35.5. The van der Waals surface area contributed by atoms with Gasteiger partial charge in [0, 0.05) is 25.1 Å². The topological polar surface area (TPSA) is 67.5 Å². The van der Waals surface area contributed by atoms with Crippen molar-refractivity contribution in [2.45, 2.75) is 45.4 Å². The lowest BCUT2D eigenvalue weighted by atomic mass is 9.97. The molecule has 0 unspecified atom stereocenters. The second-order valence-electron chi connectivity index (χ2n) is 6.99. The van der Waals surface area contributed by atoms with Crippen LogP contribution in [0.1, 0.15) is 52.8 Å². The molecule has 3 heterocycles. The van der Waals surface area contributed by atoms with E-state index in [1.807, 2.05) is 30.9 Å². The zero-order valence-corrected chi connectivity index (χ0v) is 15.9. The molecular weight excluding hydrogens is 354 g/mol. The molecule has 1 amide bonds. The molecule has 1 aromatic heterocycles. The van der Waals surface area contributed by atoms with E-state index in [9.17, 15) is 4.79 Å². The van der Waals surface area contributed by atoms with E-state index >= 15 is 0 Å². The largest absolute Gasteiger partial charge is 0.495 e. The van der Waals surface area contributed by atoms with Gasteiger partial charge in [0.2, 0.25) is 0 Å². The fraction of sp³-hybridized carbons (Fsp3) is 0.474. The monoisotopic (exact) mass is 375 g/mol. The molecule has 0 bridgehead atoms. The lowest BCUT2D eigenvalue weighted by molar-refractivity contribution is -0.00702. The number of halogens is 1. The van der Waals surface area contributed by atoms with Gasteiger partial charge in [-0.25, -0.2) is 0 Å². The van der Waals surface area contributed by atoms with Crippen LogP contribution in [0.4, 0.5) is 0 Å². The van der Waals surface area contributed by atoms with E-state index in [-0.39, 0.29) is 18.1 Å². The average Bonchev–Trinajstić information content (AvgIpc) is 3.04. The van der Waals surface area contributed by atoms with Crippen LogP contribution in [-0.2, 0) is 24.1 Å². The molecule has 0 spiro atoms. The minimum Gasteiger partial charge on any atom is -0.495 e. The van der Waals surface area contributed by atoms with E-state index in [2.05, 4.69) is 10.2 Å². The number of nitrogens with zero attached hydrogens (tertiary/aromatic N) is 2. The maximum Gasteiger partial charge on any atom is 0.274 e. The van der Waals surface area contributed by atoms with Gasteiger partial charge >= 0.3 is 0 Å². The standard InChI is InChI=1S/C19H22ClN3O3/c1-10-6-14-17(11(2)26-10)21-22-18(14)19(24)23-5-4-12-8-16(25-3)15(20)7-13(12)9-23/h7-8,10-11H,4-6,9H2,1-3H3,(H,21,22)/t10-,11+/m0/s1. The molecule has 0 aliphatic carbocycles. The van der Waals surface area contributed by atoms with Crippen molar-refractivity contribution in [2.24, 2.45) is 0 Å². The van der Waals surface area contributed by atoms with Gasteiger partial charge in [0.15, 0.2) is 5.69 Å². The van der Waals surface area contributed by atoms with Gasteiger partial charge in [-0.1, -0.05) is 11.6 Å². The molecule has 2 aliphatic heterocycles. The zero-order chi connectivity index (χ0) is 18.4. The van der Waals surface area contributed by atoms with Gasteiger partial charge in [-0.05, 0) is 43.5 Å². The van der Waals surface area contributed by atoms with Crippen molar-refractivity contribution in [3.8, 4) is 5.75 Å². The van der Waals surface area contributed by atoms with E-state index in [0.29, 0.717) is 36.0 Å². The maximum absolute atomic E-state index is 13.1. The van der Waals surface area contributed by atoms with Crippen LogP contribution in [0.3, 0.4) is 0 Å². The van der Waals surface area contributed by atoms with Crippen LogP contribution >= 0.6 is 11.6 Å². The summed E-state index contributed by atoms with van der Waals surface area (Å²) >= 11 is 6.26. The average molecular weight is 376 g/mol. The molecule has 0 radical (unpaired) electrons. The molecule has 1 N–H and O–H groups in total. The second-order valence-corrected chi connectivity index (χ2v) is 7.40. The fourth-order valence-corrected chi connectivity index (χ4v) is 4.15. The summed E-state index contributed by atoms with van der Waals surface area (Å²) in [5.74, 6) is 0.635. The van der Waals surface area contributed by atoms with Crippen LogP contribution in [0.2, 0.25) is 5.02 Å². The quantitative estimate of drug-likeness (QED) is 0.874. The highest BCUT2D eigenvalue weighted by molar-refractivity contribution is 6.32. The van der Waals surface area contributed by atoms with Crippen LogP contribution in [0.15, 0.2) is 12.1 Å². The Morgan fingerprint density at radius 2 is 2.19 bits per heavy atom. The Hall–Kier alpha value is -2.05. The molecule has 2 aliphatic rings. The predicted octanol–water partition coefficient (Wildman–Crippen LogP) is 3.29. The number of hydrogen-bond donors (Lipinski definition) is 1. The van der Waals surface area contributed by atoms with Crippen LogP contribution in [0.5, 0.6) is 5.75 Å². The molecule has 1 aromatic carbocycles. The molecule has 4 rings (SSSR count). The van der Waals surface area contributed by atoms with Gasteiger partial charge in [-0.15, -0.1) is 0 Å². The number of aromatic amines is 1. The Morgan fingerprint density at radius 3 is 2.96 bits per heavy atom. The van der Waals surface area contributed by atoms with Crippen molar-refractivity contribution in [3.63, 3.8) is 0 Å². The van der Waals surface area contributed by atoms with Crippen molar-refractivity contribution in [3.05, 3.63) is 45.2 Å². The normalized spacial score (nSPS) is 21.9. The number of rotatable bonds is 2. The van der Waals surface area contributed by atoms with Crippen molar-refractivity contribution < 1.29 is 14.3 Å². The van der Waals surface area contributed by atoms with E-state index in [4.69, 9.17) is 21.1 Å². The Bertz CT molecular complexity index is 864. The van der Waals surface area contributed by atoms with E-state index in [1.165, 1.54) is 5.56 Å². The molecule has 2 aromatic rings. The molecule has 0 fully saturated rings. The molecule has 0 saturated carbocycles. The zero-order valence-electron chi connectivity index (χ0n) is 15.1. The number of benzene rings is 1. The van der Waals surface area contributed by atoms with Crippen molar-refractivity contribution >= 4 is 17.5 Å². The molecule has 0 saturated heterocycles. The van der Waals surface area contributed by atoms with Crippen LogP contribution in [0.25, 0.3) is 0 Å². The Balaban J connectivity index is 1.60. The number of carbonyl (C=O) groups is 1. The summed E-state index contributed by atoms with van der Waals surface area (Å²) in [4.78, 5) is 14.9. The number of methoxy groups -OCH3 is 1. The van der Waals surface area contributed by atoms with Crippen LogP contribution in [0, 0.1) is 0 Å². The first kappa shape index (κ1) is 17.4. The number of amides is 1. The van der Waals surface area contributed by atoms with Crippen LogP contribution in [-0.4, -0.2) is 40.8 Å². The van der Waals surface area contributed by atoms with E-state index in [1.54, 1.807) is 7.11 Å². The summed E-state index contributed by atoms with van der Waals surface area (Å²) < 4.78 is 11.1. The Kier molecular flexibility index (Phi) is 4.40. The van der Waals surface area contributed by atoms with Gasteiger partial charge < -0.3 is 14.4 Å². The first-order valence-electron chi connectivity index (χ1n) is 8.85. The predicted molar refractivity (Wildman–Crippen MR) is 97.7 cm³/mol. The number of H-pyrrole nitrogens is 1. The van der Waals surface area contributed by atoms with Gasteiger partial charge in [-0.3, -0.25) is 9.89 Å². The summed E-state index contributed by atoms with van der Waals surface area (Å²) in [6.45, 7) is 5.18. The Labute approximate surface area is 157 Å². The summed E-state index contributed by atoms with van der Waals surface area (Å²) in [5, 5.41) is 7.88. The molecule has 6 nitrogen and oxygen atoms in total. The van der Waals surface area contributed by atoms with Gasteiger partial charge in [0.25, 0.3) is 5.91 Å². The van der Waals surface area contributed by atoms with Crippen molar-refractivity contribution in [2.75, 3.05) is 13.7 Å². The van der Waals surface area contributed by atoms with Crippen molar-refractivity contribution in [1.29, 1.82) is 0 Å². The lowest BCUT2D eigenvalue weighted by Gasteiger charge is -2.30. The number of fused-ring (bicyclic) bond motifs is 2. The summed E-state index contributed by atoms with van der Waals surface area (Å²) in [6, 6.07) is 3.86. The summed E-state index contributed by atoms with van der Waals surface area (Å²) in [6.07, 6.45) is 1.48. The van der Waals surface area contributed by atoms with Gasteiger partial charge in [0.05, 0.1) is 30.0 Å². The summed E-state index contributed by atoms with van der Waals surface area (Å²) in [5.41, 5.74) is 4.65. The molecular formula is C19H22ClN3O3.